The average Bonchev–Trinajstić information content (AvgIpc) is 3.45. The molecule has 3 aromatic rings. The smallest absolute Gasteiger partial charge is 0.421 e. The van der Waals surface area contributed by atoms with Crippen molar-refractivity contribution in [1.82, 2.24) is 25.1 Å². The maximum Gasteiger partial charge on any atom is 0.421 e. The van der Waals surface area contributed by atoms with Gasteiger partial charge in [0.25, 0.3) is 0 Å². The third-order valence-electron chi connectivity index (χ3n) is 7.42. The lowest BCUT2D eigenvalue weighted by atomic mass is 9.83. The number of ether oxygens (including phenoxy) is 1. The summed E-state index contributed by atoms with van der Waals surface area (Å²) in [6, 6.07) is 1.93. The zero-order chi connectivity index (χ0) is 30.4. The first-order valence-electron chi connectivity index (χ1n) is 14.0. The standard InChI is InChI=1S/C28H36F3N7O3S/c1-15(2)14-42(39,40)26-22(13-38(5)37-26)34-25-20(28(29,30)31)12-33-27(36-25)35-21-10-16(3)23(18-6-8-32-9-7-18)19-11-17(4)41-24(19)21/h10,12-13,15,17-18,32H,6-9,11,14H2,1-5H3,(H2,33,34,35,36)/t17-/m1/s1. The van der Waals surface area contributed by atoms with Crippen LogP contribution in [-0.4, -0.2) is 53.1 Å². The number of hydrogen-bond donors (Lipinski definition) is 3. The molecule has 0 radical (unpaired) electrons. The zero-order valence-electron chi connectivity index (χ0n) is 24.3. The molecule has 0 spiro atoms. The molecule has 1 fully saturated rings. The molecule has 3 N–H and O–H groups in total. The van der Waals surface area contributed by atoms with Gasteiger partial charge in [-0.25, -0.2) is 13.4 Å². The molecule has 0 bridgehead atoms. The fourth-order valence-corrected chi connectivity index (χ4v) is 7.54. The second kappa shape index (κ2) is 11.4. The van der Waals surface area contributed by atoms with Gasteiger partial charge in [-0.3, -0.25) is 4.68 Å². The molecule has 0 saturated carbocycles. The molecule has 4 heterocycles. The molecule has 1 atom stereocenters. The van der Waals surface area contributed by atoms with Crippen LogP contribution < -0.4 is 20.7 Å². The van der Waals surface area contributed by atoms with E-state index in [4.69, 9.17) is 4.74 Å². The predicted molar refractivity (Wildman–Crippen MR) is 154 cm³/mol. The summed E-state index contributed by atoms with van der Waals surface area (Å²) in [5.74, 6) is -0.0433. The largest absolute Gasteiger partial charge is 0.488 e. The molecule has 14 heteroatoms. The number of anilines is 4. The third kappa shape index (κ3) is 6.19. The van der Waals surface area contributed by atoms with Crippen LogP contribution in [-0.2, 0) is 29.5 Å². The Morgan fingerprint density at radius 3 is 2.57 bits per heavy atom. The maximum absolute atomic E-state index is 14.0. The van der Waals surface area contributed by atoms with E-state index in [0.717, 1.165) is 43.5 Å². The predicted octanol–water partition coefficient (Wildman–Crippen LogP) is 5.24. The molecule has 0 amide bonds. The number of fused-ring (bicyclic) bond motifs is 1. The van der Waals surface area contributed by atoms with E-state index >= 15 is 0 Å². The van der Waals surface area contributed by atoms with Crippen LogP contribution in [0.2, 0.25) is 0 Å². The molecule has 42 heavy (non-hydrogen) atoms. The number of sulfone groups is 1. The summed E-state index contributed by atoms with van der Waals surface area (Å²) in [5, 5.41) is 12.7. The minimum atomic E-state index is -4.80. The van der Waals surface area contributed by atoms with Crippen LogP contribution in [0, 0.1) is 12.8 Å². The van der Waals surface area contributed by atoms with E-state index in [1.165, 1.54) is 23.5 Å². The minimum Gasteiger partial charge on any atom is -0.488 e. The van der Waals surface area contributed by atoms with Gasteiger partial charge in [-0.15, -0.1) is 0 Å². The molecular formula is C28H36F3N7O3S. The van der Waals surface area contributed by atoms with Crippen LogP contribution in [0.3, 0.4) is 0 Å². The summed E-state index contributed by atoms with van der Waals surface area (Å²) in [5.41, 5.74) is 2.78. The highest BCUT2D eigenvalue weighted by molar-refractivity contribution is 7.91. The summed E-state index contributed by atoms with van der Waals surface area (Å²) < 4.78 is 75.4. The normalized spacial score (nSPS) is 17.8. The molecule has 1 saturated heterocycles. The molecule has 10 nitrogen and oxygen atoms in total. The SMILES string of the molecule is Cc1cc(Nc2ncc(C(F)(F)F)c(Nc3cn(C)nc3S(=O)(=O)CC(C)C)n2)c2c(c1C1CCNCC1)C[C@@H](C)O2. The number of piperidine rings is 1. The number of nitrogens with one attached hydrogen (secondary N) is 3. The van der Waals surface area contributed by atoms with Crippen LogP contribution >= 0.6 is 0 Å². The molecule has 1 aromatic carbocycles. The van der Waals surface area contributed by atoms with Gasteiger partial charge in [-0.05, 0) is 68.8 Å². The van der Waals surface area contributed by atoms with Crippen molar-refractivity contribution in [1.29, 1.82) is 0 Å². The highest BCUT2D eigenvalue weighted by atomic mass is 32.2. The van der Waals surface area contributed by atoms with Gasteiger partial charge in [0.1, 0.15) is 23.2 Å². The van der Waals surface area contributed by atoms with Crippen LogP contribution in [0.4, 0.5) is 36.3 Å². The second-order valence-corrected chi connectivity index (χ2v) is 13.5. The maximum atomic E-state index is 14.0. The van der Waals surface area contributed by atoms with Gasteiger partial charge in [0, 0.05) is 31.4 Å². The Labute approximate surface area is 243 Å². The Bertz CT molecular complexity index is 1580. The van der Waals surface area contributed by atoms with Gasteiger partial charge in [0.05, 0.1) is 17.1 Å². The number of nitrogens with zero attached hydrogens (tertiary/aromatic N) is 4. The molecule has 0 unspecified atom stereocenters. The third-order valence-corrected chi connectivity index (χ3v) is 9.42. The van der Waals surface area contributed by atoms with E-state index in [2.05, 4.69) is 31.0 Å². The van der Waals surface area contributed by atoms with Crippen molar-refractivity contribution in [2.75, 3.05) is 29.5 Å². The Hall–Kier alpha value is -3.39. The van der Waals surface area contributed by atoms with Gasteiger partial charge in [0.15, 0.2) is 9.84 Å². The first-order valence-corrected chi connectivity index (χ1v) is 15.7. The number of hydrogen-bond acceptors (Lipinski definition) is 9. The Morgan fingerprint density at radius 1 is 1.19 bits per heavy atom. The van der Waals surface area contributed by atoms with E-state index in [9.17, 15) is 21.6 Å². The van der Waals surface area contributed by atoms with E-state index < -0.39 is 27.4 Å². The molecule has 2 aliphatic rings. The van der Waals surface area contributed by atoms with Crippen molar-refractivity contribution in [2.24, 2.45) is 13.0 Å². The number of halogens is 3. The number of aryl methyl sites for hydroxylation is 2. The van der Waals surface area contributed by atoms with Gasteiger partial charge >= 0.3 is 6.18 Å². The molecule has 5 rings (SSSR count). The summed E-state index contributed by atoms with van der Waals surface area (Å²) in [6.07, 6.45) is -0.0780. The van der Waals surface area contributed by atoms with Gasteiger partial charge in [0.2, 0.25) is 11.0 Å². The van der Waals surface area contributed by atoms with Crippen molar-refractivity contribution in [2.45, 2.75) is 70.2 Å². The van der Waals surface area contributed by atoms with E-state index in [1.807, 2.05) is 19.9 Å². The lowest BCUT2D eigenvalue weighted by Gasteiger charge is -2.27. The summed E-state index contributed by atoms with van der Waals surface area (Å²) in [4.78, 5) is 8.12. The molecule has 0 aliphatic carbocycles. The fourth-order valence-electron chi connectivity index (χ4n) is 5.82. The monoisotopic (exact) mass is 607 g/mol. The van der Waals surface area contributed by atoms with Crippen molar-refractivity contribution >= 4 is 33.0 Å². The van der Waals surface area contributed by atoms with Crippen molar-refractivity contribution in [3.05, 3.63) is 40.7 Å². The lowest BCUT2D eigenvalue weighted by Crippen LogP contribution is -2.27. The fraction of sp³-hybridized carbons (Fsp3) is 0.536. The highest BCUT2D eigenvalue weighted by Crippen LogP contribution is 2.45. The quantitative estimate of drug-likeness (QED) is 0.315. The Morgan fingerprint density at radius 2 is 1.90 bits per heavy atom. The molecule has 228 valence electrons. The number of alkyl halides is 3. The van der Waals surface area contributed by atoms with Crippen molar-refractivity contribution in [3.8, 4) is 5.75 Å². The van der Waals surface area contributed by atoms with E-state index in [-0.39, 0.29) is 34.4 Å². The number of aromatic nitrogens is 4. The zero-order valence-corrected chi connectivity index (χ0v) is 25.1. The minimum absolute atomic E-state index is 0.0506. The second-order valence-electron chi connectivity index (χ2n) is 11.5. The van der Waals surface area contributed by atoms with Gasteiger partial charge < -0.3 is 20.7 Å². The topological polar surface area (TPSA) is 123 Å². The first kappa shape index (κ1) is 30.1. The van der Waals surface area contributed by atoms with E-state index in [1.54, 1.807) is 13.8 Å². The summed E-state index contributed by atoms with van der Waals surface area (Å²) in [7, 11) is -2.39. The van der Waals surface area contributed by atoms with Crippen LogP contribution in [0.1, 0.15) is 61.8 Å². The Kier molecular flexibility index (Phi) is 8.14. The van der Waals surface area contributed by atoms with Crippen LogP contribution in [0.15, 0.2) is 23.5 Å². The molecule has 2 aliphatic heterocycles. The first-order chi connectivity index (χ1) is 19.7. The average molecular weight is 608 g/mol. The molecular weight excluding hydrogens is 571 g/mol. The van der Waals surface area contributed by atoms with Crippen LogP contribution in [0.25, 0.3) is 0 Å². The van der Waals surface area contributed by atoms with Crippen LogP contribution in [0.5, 0.6) is 5.75 Å². The van der Waals surface area contributed by atoms with Crippen molar-refractivity contribution in [3.63, 3.8) is 0 Å². The van der Waals surface area contributed by atoms with Crippen molar-refractivity contribution < 1.29 is 26.3 Å². The summed E-state index contributed by atoms with van der Waals surface area (Å²) in [6.45, 7) is 9.39. The number of benzene rings is 1. The highest BCUT2D eigenvalue weighted by Gasteiger charge is 2.37. The van der Waals surface area contributed by atoms with Gasteiger partial charge in [-0.1, -0.05) is 13.8 Å². The van der Waals surface area contributed by atoms with E-state index in [0.29, 0.717) is 23.6 Å². The number of rotatable bonds is 8. The summed E-state index contributed by atoms with van der Waals surface area (Å²) >= 11 is 0. The van der Waals surface area contributed by atoms with Gasteiger partial charge in [-0.2, -0.15) is 23.3 Å². The Balaban J connectivity index is 1.53. The lowest BCUT2D eigenvalue weighted by molar-refractivity contribution is -0.137. The molecule has 2 aromatic heterocycles.